The first-order valence-corrected chi connectivity index (χ1v) is 6.83. The van der Waals surface area contributed by atoms with Gasteiger partial charge in [-0.1, -0.05) is 0 Å². The van der Waals surface area contributed by atoms with Crippen molar-refractivity contribution in [2.24, 2.45) is 5.73 Å². The van der Waals surface area contributed by atoms with Gasteiger partial charge in [0, 0.05) is 6.42 Å². The van der Waals surface area contributed by atoms with Crippen LogP contribution in [0.5, 0.6) is 0 Å². The molecule has 0 aromatic rings. The number of amides is 1. The Kier molecular flexibility index (Phi) is 6.83. The van der Waals surface area contributed by atoms with E-state index in [0.29, 0.717) is 0 Å². The number of aliphatic hydroxyl groups excluding tert-OH is 4. The summed E-state index contributed by atoms with van der Waals surface area (Å²) < 4.78 is 9.45. The molecule has 0 saturated carbocycles. The first-order valence-electron chi connectivity index (χ1n) is 6.83. The molecule has 0 radical (unpaired) electrons. The van der Waals surface area contributed by atoms with E-state index in [9.17, 15) is 30.0 Å². The zero-order valence-electron chi connectivity index (χ0n) is 12.5. The molecule has 8 N–H and O–H groups in total. The van der Waals surface area contributed by atoms with Gasteiger partial charge in [-0.25, -0.2) is 4.79 Å². The van der Waals surface area contributed by atoms with Gasteiger partial charge in [-0.3, -0.25) is 4.79 Å². The van der Waals surface area contributed by atoms with Gasteiger partial charge in [0.2, 0.25) is 5.91 Å². The molecule has 1 aliphatic heterocycles. The predicted molar refractivity (Wildman–Crippen MR) is 72.5 cm³/mol. The molecule has 11 heteroatoms. The van der Waals surface area contributed by atoms with E-state index in [-0.39, 0.29) is 0 Å². The normalized spacial score (nSPS) is 33.6. The molecule has 1 fully saturated rings. The summed E-state index contributed by atoms with van der Waals surface area (Å²) in [6.45, 7) is -1.28. The van der Waals surface area contributed by atoms with Gasteiger partial charge in [0.05, 0.1) is 32.4 Å². The molecule has 6 atom stereocenters. The highest BCUT2D eigenvalue weighted by Crippen LogP contribution is 2.31. The van der Waals surface area contributed by atoms with Crippen LogP contribution in [0.4, 0.5) is 0 Å². The second-order valence-corrected chi connectivity index (χ2v) is 5.17. The van der Waals surface area contributed by atoms with Gasteiger partial charge in [0.15, 0.2) is 0 Å². The predicted octanol–water partition coefficient (Wildman–Crippen LogP) is -4.84. The third-order valence-electron chi connectivity index (χ3n) is 3.52. The highest BCUT2D eigenvalue weighted by Gasteiger charge is 2.54. The highest BCUT2D eigenvalue weighted by molar-refractivity contribution is 5.79. The summed E-state index contributed by atoms with van der Waals surface area (Å²) in [5.74, 6) is -4.51. The minimum Gasteiger partial charge on any atom is -0.465 e. The number of nitrogens with two attached hydrogens (primary N) is 1. The number of ether oxygens (including phenoxy) is 2. The minimum atomic E-state index is -2.58. The number of hydrogen-bond donors (Lipinski definition) is 7. The molecule has 134 valence electrons. The van der Waals surface area contributed by atoms with E-state index in [1.165, 1.54) is 0 Å². The van der Waals surface area contributed by atoms with Gasteiger partial charge in [-0.2, -0.15) is 0 Å². The number of carbonyl (C=O) groups is 2. The standard InChI is InChI=1S/C12H22N2O9/c1-22-11(20)12(21)2-5(16)8(14-7(18)3-13)10(23-12)9(19)6(17)4-15/h5-6,8-10,15-17,19,21H,2-4,13H2,1H3,(H,14,18)/t5-,6+,8+,9+,10+,12?/m0/s1. The zero-order valence-corrected chi connectivity index (χ0v) is 12.5. The fraction of sp³-hybridized carbons (Fsp3) is 0.833. The van der Waals surface area contributed by atoms with Gasteiger partial charge in [0.25, 0.3) is 5.79 Å². The molecule has 0 bridgehead atoms. The van der Waals surface area contributed by atoms with Crippen LogP contribution in [0.25, 0.3) is 0 Å². The van der Waals surface area contributed by atoms with E-state index in [0.717, 1.165) is 7.11 Å². The fourth-order valence-corrected chi connectivity index (χ4v) is 2.30. The molecule has 0 aromatic carbocycles. The van der Waals surface area contributed by atoms with Crippen molar-refractivity contribution >= 4 is 11.9 Å². The number of nitrogens with one attached hydrogen (secondary N) is 1. The largest absolute Gasteiger partial charge is 0.465 e. The molecule has 1 amide bonds. The van der Waals surface area contributed by atoms with Gasteiger partial charge in [-0.15, -0.1) is 0 Å². The maximum atomic E-state index is 11.6. The van der Waals surface area contributed by atoms with Crippen molar-refractivity contribution in [1.82, 2.24) is 5.32 Å². The highest BCUT2D eigenvalue weighted by atomic mass is 16.7. The molecule has 1 heterocycles. The Morgan fingerprint density at radius 3 is 2.57 bits per heavy atom. The van der Waals surface area contributed by atoms with E-state index in [1.807, 2.05) is 0 Å². The smallest absolute Gasteiger partial charge is 0.366 e. The molecule has 1 unspecified atom stereocenters. The molecule has 23 heavy (non-hydrogen) atoms. The number of esters is 1. The lowest BCUT2D eigenvalue weighted by atomic mass is 9.88. The average molecular weight is 338 g/mol. The lowest BCUT2D eigenvalue weighted by molar-refractivity contribution is -0.296. The van der Waals surface area contributed by atoms with Crippen LogP contribution in [0.3, 0.4) is 0 Å². The lowest BCUT2D eigenvalue weighted by Gasteiger charge is -2.45. The van der Waals surface area contributed by atoms with Crippen LogP contribution >= 0.6 is 0 Å². The van der Waals surface area contributed by atoms with Crippen LogP contribution in [0.2, 0.25) is 0 Å². The number of carbonyl (C=O) groups excluding carboxylic acids is 2. The summed E-state index contributed by atoms with van der Waals surface area (Å²) >= 11 is 0. The molecular formula is C12H22N2O9. The van der Waals surface area contributed by atoms with Crippen molar-refractivity contribution in [3.63, 3.8) is 0 Å². The van der Waals surface area contributed by atoms with Crippen LogP contribution in [-0.4, -0.2) is 93.9 Å². The average Bonchev–Trinajstić information content (AvgIpc) is 2.54. The van der Waals surface area contributed by atoms with E-state index >= 15 is 0 Å². The first-order chi connectivity index (χ1) is 10.7. The maximum absolute atomic E-state index is 11.6. The molecule has 11 nitrogen and oxygen atoms in total. The van der Waals surface area contributed by atoms with Gasteiger partial charge >= 0.3 is 5.97 Å². The first kappa shape index (κ1) is 19.7. The number of methoxy groups -OCH3 is 1. The second-order valence-electron chi connectivity index (χ2n) is 5.17. The Balaban J connectivity index is 3.10. The van der Waals surface area contributed by atoms with Crippen molar-refractivity contribution < 1.29 is 44.6 Å². The molecule has 1 rings (SSSR count). The Labute approximate surface area is 131 Å². The molecule has 1 aliphatic rings. The van der Waals surface area contributed by atoms with Crippen LogP contribution in [0, 0.1) is 0 Å². The SMILES string of the molecule is COC(=O)C1(O)C[C@H](O)[C@@H](NC(=O)CN)[C@H]([C@H](O)[C@H](O)CO)O1. The van der Waals surface area contributed by atoms with Crippen molar-refractivity contribution in [2.75, 3.05) is 20.3 Å². The summed E-state index contributed by atoms with van der Waals surface area (Å²) in [5, 5.41) is 51.0. The minimum absolute atomic E-state index is 0.421. The van der Waals surface area contributed by atoms with E-state index in [4.69, 9.17) is 15.6 Å². The monoisotopic (exact) mass is 338 g/mol. The molecule has 0 spiro atoms. The summed E-state index contributed by atoms with van der Waals surface area (Å²) in [6.07, 6.45) is -7.30. The summed E-state index contributed by atoms with van der Waals surface area (Å²) in [7, 11) is 0.979. The van der Waals surface area contributed by atoms with E-state index in [2.05, 4.69) is 10.1 Å². The molecule has 1 saturated heterocycles. The summed E-state index contributed by atoms with van der Waals surface area (Å²) in [5.41, 5.74) is 5.16. The summed E-state index contributed by atoms with van der Waals surface area (Å²) in [4.78, 5) is 23.1. The third kappa shape index (κ3) is 4.35. The Hall–Kier alpha value is -1.34. The van der Waals surface area contributed by atoms with Crippen LogP contribution in [-0.2, 0) is 19.1 Å². The molecule has 0 aliphatic carbocycles. The van der Waals surface area contributed by atoms with Crippen molar-refractivity contribution in [3.8, 4) is 0 Å². The number of aliphatic hydroxyl groups is 5. The Morgan fingerprint density at radius 1 is 1.48 bits per heavy atom. The molecule has 0 aromatic heterocycles. The number of hydrogen-bond acceptors (Lipinski definition) is 10. The zero-order chi connectivity index (χ0) is 17.8. The second kappa shape index (κ2) is 7.97. The van der Waals surface area contributed by atoms with Crippen LogP contribution in [0.1, 0.15) is 6.42 Å². The van der Waals surface area contributed by atoms with Crippen molar-refractivity contribution in [1.29, 1.82) is 0 Å². The van der Waals surface area contributed by atoms with Crippen molar-refractivity contribution in [2.45, 2.75) is 42.7 Å². The topological polar surface area (TPSA) is 192 Å². The fourth-order valence-electron chi connectivity index (χ4n) is 2.30. The lowest BCUT2D eigenvalue weighted by Crippen LogP contribution is -2.67. The van der Waals surface area contributed by atoms with E-state index in [1.54, 1.807) is 0 Å². The quantitative estimate of drug-likeness (QED) is 0.231. The molecular weight excluding hydrogens is 316 g/mol. The van der Waals surface area contributed by atoms with Crippen LogP contribution in [0.15, 0.2) is 0 Å². The van der Waals surface area contributed by atoms with Gasteiger partial charge < -0.3 is 46.1 Å². The van der Waals surface area contributed by atoms with Gasteiger partial charge in [0.1, 0.15) is 18.3 Å². The van der Waals surface area contributed by atoms with Crippen molar-refractivity contribution in [3.05, 3.63) is 0 Å². The van der Waals surface area contributed by atoms with Gasteiger partial charge in [-0.05, 0) is 0 Å². The number of rotatable bonds is 6. The summed E-state index contributed by atoms with van der Waals surface area (Å²) in [6, 6.07) is -1.29. The van der Waals surface area contributed by atoms with Crippen LogP contribution < -0.4 is 11.1 Å². The third-order valence-corrected chi connectivity index (χ3v) is 3.52. The maximum Gasteiger partial charge on any atom is 0.366 e. The Bertz CT molecular complexity index is 435. The Morgan fingerprint density at radius 2 is 2.09 bits per heavy atom. The van der Waals surface area contributed by atoms with E-state index < -0.39 is 67.7 Å².